The molecule has 22 heavy (non-hydrogen) atoms. The molecule has 4 rings (SSSR count). The van der Waals surface area contributed by atoms with E-state index in [1.54, 1.807) is 7.11 Å². The number of methoxy groups -OCH3 is 1. The third kappa shape index (κ3) is 2.02. The molecule has 0 saturated heterocycles. The zero-order chi connectivity index (χ0) is 15.1. The summed E-state index contributed by atoms with van der Waals surface area (Å²) in [5.41, 5.74) is 5.09. The molecule has 0 aliphatic carbocycles. The minimum atomic E-state index is 0.726. The zero-order valence-corrected chi connectivity index (χ0v) is 12.7. The Morgan fingerprint density at radius 2 is 1.86 bits per heavy atom. The lowest BCUT2D eigenvalue weighted by Gasteiger charge is -2.03. The Bertz CT molecular complexity index is 878. The van der Waals surface area contributed by atoms with Gasteiger partial charge in [-0.3, -0.25) is 0 Å². The van der Waals surface area contributed by atoms with Gasteiger partial charge in [0.05, 0.1) is 29.9 Å². The summed E-state index contributed by atoms with van der Waals surface area (Å²) >= 11 is 6.13. The predicted octanol–water partition coefficient (Wildman–Crippen LogP) is 4.62. The Hall–Kier alpha value is -2.52. The maximum Gasteiger partial charge on any atom is 0.119 e. The van der Waals surface area contributed by atoms with E-state index < -0.39 is 0 Å². The van der Waals surface area contributed by atoms with Gasteiger partial charge in [-0.25, -0.2) is 4.99 Å². The smallest absolute Gasteiger partial charge is 0.119 e. The van der Waals surface area contributed by atoms with Crippen LogP contribution in [0.4, 0.5) is 5.69 Å². The molecule has 108 valence electrons. The van der Waals surface area contributed by atoms with Gasteiger partial charge in [-0.15, -0.1) is 0 Å². The monoisotopic (exact) mass is 308 g/mol. The summed E-state index contributed by atoms with van der Waals surface area (Å²) in [6.07, 6.45) is 2.03. The number of nitrogens with zero attached hydrogens (tertiary/aromatic N) is 2. The summed E-state index contributed by atoms with van der Waals surface area (Å²) in [6.45, 7) is 0. The second-order valence-corrected chi connectivity index (χ2v) is 5.52. The number of fused-ring (bicyclic) bond motifs is 3. The third-order valence-electron chi connectivity index (χ3n) is 3.78. The average molecular weight is 309 g/mol. The van der Waals surface area contributed by atoms with Gasteiger partial charge in [0.1, 0.15) is 5.75 Å². The molecule has 3 aromatic rings. The van der Waals surface area contributed by atoms with Gasteiger partial charge >= 0.3 is 0 Å². The molecule has 1 aliphatic rings. The van der Waals surface area contributed by atoms with Crippen LogP contribution in [0.25, 0.3) is 5.69 Å². The molecule has 3 nitrogen and oxygen atoms in total. The lowest BCUT2D eigenvalue weighted by molar-refractivity contribution is 0.415. The van der Waals surface area contributed by atoms with Crippen LogP contribution in [0.3, 0.4) is 0 Å². The van der Waals surface area contributed by atoms with Crippen LogP contribution in [0.2, 0.25) is 5.02 Å². The first kappa shape index (κ1) is 13.2. The van der Waals surface area contributed by atoms with Crippen molar-refractivity contribution in [3.8, 4) is 11.4 Å². The molecule has 0 saturated carbocycles. The summed E-state index contributed by atoms with van der Waals surface area (Å²) in [4.78, 5) is 4.82. The van der Waals surface area contributed by atoms with Crippen molar-refractivity contribution in [3.63, 3.8) is 0 Å². The minimum Gasteiger partial charge on any atom is -0.497 e. The molecule has 4 heteroatoms. The largest absolute Gasteiger partial charge is 0.497 e. The van der Waals surface area contributed by atoms with E-state index in [1.165, 1.54) is 0 Å². The first-order valence-corrected chi connectivity index (χ1v) is 7.35. The highest BCUT2D eigenvalue weighted by Crippen LogP contribution is 2.32. The highest BCUT2D eigenvalue weighted by molar-refractivity contribution is 6.31. The predicted molar refractivity (Wildman–Crippen MR) is 89.1 cm³/mol. The minimum absolute atomic E-state index is 0.726. The van der Waals surface area contributed by atoms with Crippen LogP contribution < -0.4 is 4.74 Å². The number of rotatable bonds is 2. The highest BCUT2D eigenvalue weighted by Gasteiger charge is 2.24. The lowest BCUT2D eigenvalue weighted by atomic mass is 10.1. The van der Waals surface area contributed by atoms with E-state index in [1.807, 2.05) is 54.7 Å². The van der Waals surface area contributed by atoms with Crippen molar-refractivity contribution in [2.24, 2.45) is 4.99 Å². The fourth-order valence-corrected chi connectivity index (χ4v) is 2.90. The van der Waals surface area contributed by atoms with Crippen LogP contribution in [0.1, 0.15) is 11.3 Å². The number of aromatic nitrogens is 1. The molecular formula is C18H13ClN2O. The summed E-state index contributed by atoms with van der Waals surface area (Å²) in [5.74, 6) is 0.825. The lowest BCUT2D eigenvalue weighted by Crippen LogP contribution is -1.97. The third-order valence-corrected chi connectivity index (χ3v) is 4.01. The number of hydrogen-bond donors (Lipinski definition) is 0. The van der Waals surface area contributed by atoms with Crippen LogP contribution in [0, 0.1) is 0 Å². The second-order valence-electron chi connectivity index (χ2n) is 5.08. The molecule has 0 bridgehead atoms. The van der Waals surface area contributed by atoms with E-state index >= 15 is 0 Å². The molecule has 0 spiro atoms. The van der Waals surface area contributed by atoms with Crippen LogP contribution >= 0.6 is 11.6 Å². The van der Waals surface area contributed by atoms with Crippen molar-refractivity contribution in [1.29, 1.82) is 0 Å². The second kappa shape index (κ2) is 5.04. The van der Waals surface area contributed by atoms with Gasteiger partial charge in [0.2, 0.25) is 0 Å². The molecule has 0 fully saturated rings. The van der Waals surface area contributed by atoms with Crippen molar-refractivity contribution in [1.82, 2.24) is 4.57 Å². The quantitative estimate of drug-likeness (QED) is 0.530. The van der Waals surface area contributed by atoms with Gasteiger partial charge in [-0.2, -0.15) is 0 Å². The molecule has 0 N–H and O–H groups in total. The number of aliphatic imine (C=N–C) groups is 1. The Morgan fingerprint density at radius 1 is 1.05 bits per heavy atom. The molecule has 2 heterocycles. The van der Waals surface area contributed by atoms with Crippen molar-refractivity contribution in [2.75, 3.05) is 7.11 Å². The summed E-state index contributed by atoms with van der Waals surface area (Å²) in [7, 11) is 1.66. The fraction of sp³-hybridized carbons (Fsp3) is 0.0556. The van der Waals surface area contributed by atoms with Crippen molar-refractivity contribution in [2.45, 2.75) is 0 Å². The Kier molecular flexibility index (Phi) is 3.01. The van der Waals surface area contributed by atoms with Gasteiger partial charge in [-0.05, 0) is 54.6 Å². The van der Waals surface area contributed by atoms with Crippen LogP contribution in [0.15, 0.2) is 65.8 Å². The number of halogens is 1. The van der Waals surface area contributed by atoms with E-state index in [9.17, 15) is 0 Å². The molecular weight excluding hydrogens is 296 g/mol. The first-order valence-electron chi connectivity index (χ1n) is 6.97. The fourth-order valence-electron chi connectivity index (χ4n) is 2.73. The zero-order valence-electron chi connectivity index (χ0n) is 12.0. The topological polar surface area (TPSA) is 26.5 Å². The molecule has 2 aromatic carbocycles. The van der Waals surface area contributed by atoms with Crippen molar-refractivity contribution in [3.05, 3.63) is 77.1 Å². The molecule has 0 radical (unpaired) electrons. The van der Waals surface area contributed by atoms with Crippen LogP contribution in [-0.2, 0) is 0 Å². The molecule has 0 amide bonds. The van der Waals surface area contributed by atoms with Gasteiger partial charge in [0, 0.05) is 16.8 Å². The van der Waals surface area contributed by atoms with Crippen molar-refractivity contribution < 1.29 is 4.74 Å². The molecule has 0 unspecified atom stereocenters. The molecule has 1 aliphatic heterocycles. The van der Waals surface area contributed by atoms with E-state index in [2.05, 4.69) is 10.6 Å². The number of hydrogen-bond acceptors (Lipinski definition) is 2. The summed E-state index contributed by atoms with van der Waals surface area (Å²) in [5, 5.41) is 0.726. The summed E-state index contributed by atoms with van der Waals surface area (Å²) in [6, 6.07) is 17.7. The van der Waals surface area contributed by atoms with Crippen molar-refractivity contribution >= 4 is 23.0 Å². The van der Waals surface area contributed by atoms with Gasteiger partial charge in [0.25, 0.3) is 0 Å². The van der Waals surface area contributed by atoms with E-state index in [-0.39, 0.29) is 0 Å². The molecule has 1 aromatic heterocycles. The van der Waals surface area contributed by atoms with E-state index in [0.717, 1.165) is 39.1 Å². The SMILES string of the molecule is COc1ccc(N=C2c3ccc(Cl)cc3-n3cccc32)cc1. The van der Waals surface area contributed by atoms with E-state index in [0.29, 0.717) is 0 Å². The molecule has 0 atom stereocenters. The maximum absolute atomic E-state index is 6.13. The highest BCUT2D eigenvalue weighted by atomic mass is 35.5. The Morgan fingerprint density at radius 3 is 2.64 bits per heavy atom. The summed E-state index contributed by atoms with van der Waals surface area (Å²) < 4.78 is 7.30. The number of benzene rings is 2. The van der Waals surface area contributed by atoms with E-state index in [4.69, 9.17) is 21.3 Å². The Labute approximate surface area is 133 Å². The van der Waals surface area contributed by atoms with Gasteiger partial charge in [0.15, 0.2) is 0 Å². The van der Waals surface area contributed by atoms with Gasteiger partial charge < -0.3 is 9.30 Å². The first-order chi connectivity index (χ1) is 10.8. The standard InChI is InChI=1S/C18H13ClN2O/c1-22-14-7-5-13(6-8-14)20-18-15-9-4-12(19)11-17(15)21-10-2-3-16(18)21/h2-11H,1H3. The normalized spacial score (nSPS) is 14.0. The van der Waals surface area contributed by atoms with Crippen LogP contribution in [0.5, 0.6) is 5.75 Å². The van der Waals surface area contributed by atoms with Gasteiger partial charge in [-0.1, -0.05) is 11.6 Å². The maximum atomic E-state index is 6.13. The number of ether oxygens (including phenoxy) is 1. The Balaban J connectivity index is 1.87. The average Bonchev–Trinajstić information content (AvgIpc) is 3.11. The van der Waals surface area contributed by atoms with Crippen LogP contribution in [-0.4, -0.2) is 17.4 Å².